The van der Waals surface area contributed by atoms with Crippen molar-refractivity contribution in [1.82, 2.24) is 9.97 Å². The summed E-state index contributed by atoms with van der Waals surface area (Å²) in [6, 6.07) is 12.8. The van der Waals surface area contributed by atoms with Crippen LogP contribution in [0.25, 0.3) is 0 Å². The number of aromatic nitrogens is 2. The molecule has 10 nitrogen and oxygen atoms in total. The molecule has 1 aromatic heterocycles. The molecule has 0 aliphatic carbocycles. The fraction of sp³-hybridized carbons (Fsp3) is 0.217. The molecule has 1 aliphatic rings. The third-order valence-electron chi connectivity index (χ3n) is 5.14. The Hall–Kier alpha value is -3.64. The number of nitrogen functional groups attached to an aromatic ring is 2. The van der Waals surface area contributed by atoms with E-state index in [2.05, 4.69) is 15.0 Å². The number of ether oxygens (including phenoxy) is 1. The molecule has 12 heteroatoms. The SMILES string of the molecule is CCOC(=O)c1ccc(N(CC2=Nc3c(N)nc(N)nc3SC2)S(=O)(=O)c2ccc(C)cc2)cc1. The zero-order valence-electron chi connectivity index (χ0n) is 19.1. The Labute approximate surface area is 207 Å². The van der Waals surface area contributed by atoms with E-state index in [9.17, 15) is 13.2 Å². The summed E-state index contributed by atoms with van der Waals surface area (Å²) >= 11 is 1.36. The molecule has 0 saturated heterocycles. The first-order chi connectivity index (χ1) is 16.7. The number of thioether (sulfide) groups is 1. The molecule has 0 radical (unpaired) electrons. The summed E-state index contributed by atoms with van der Waals surface area (Å²) in [6.45, 7) is 3.81. The molecule has 0 saturated carbocycles. The van der Waals surface area contributed by atoms with Crippen LogP contribution in [-0.4, -0.2) is 49.0 Å². The molecular formula is C23H24N6O4S2. The second-order valence-corrected chi connectivity index (χ2v) is 10.5. The van der Waals surface area contributed by atoms with Gasteiger partial charge in [-0.15, -0.1) is 0 Å². The monoisotopic (exact) mass is 512 g/mol. The number of hydrogen-bond donors (Lipinski definition) is 2. The van der Waals surface area contributed by atoms with Gasteiger partial charge in [0.2, 0.25) is 5.95 Å². The quantitative estimate of drug-likeness (QED) is 0.359. The highest BCUT2D eigenvalue weighted by molar-refractivity contribution is 8.00. The van der Waals surface area contributed by atoms with Gasteiger partial charge in [0.1, 0.15) is 10.7 Å². The summed E-state index contributed by atoms with van der Waals surface area (Å²) in [5, 5.41) is 0.547. The minimum atomic E-state index is -3.96. The topological polar surface area (TPSA) is 154 Å². The normalized spacial score (nSPS) is 13.0. The van der Waals surface area contributed by atoms with E-state index in [1.807, 2.05) is 6.92 Å². The predicted octanol–water partition coefficient (Wildman–Crippen LogP) is 3.20. The van der Waals surface area contributed by atoms with Crippen LogP contribution in [0, 0.1) is 6.92 Å². The molecule has 0 atom stereocenters. The number of rotatable bonds is 7. The first-order valence-electron chi connectivity index (χ1n) is 10.7. The Morgan fingerprint density at radius 1 is 1.09 bits per heavy atom. The lowest BCUT2D eigenvalue weighted by Crippen LogP contribution is -2.37. The minimum absolute atomic E-state index is 0.0365. The van der Waals surface area contributed by atoms with Gasteiger partial charge in [-0.2, -0.15) is 4.98 Å². The Kier molecular flexibility index (Phi) is 6.94. The smallest absolute Gasteiger partial charge is 0.338 e. The highest BCUT2D eigenvalue weighted by Crippen LogP contribution is 2.37. The van der Waals surface area contributed by atoms with Gasteiger partial charge in [-0.1, -0.05) is 29.5 Å². The maximum atomic E-state index is 13.7. The maximum absolute atomic E-state index is 13.7. The van der Waals surface area contributed by atoms with E-state index >= 15 is 0 Å². The molecule has 0 unspecified atom stereocenters. The molecule has 2 heterocycles. The van der Waals surface area contributed by atoms with E-state index < -0.39 is 16.0 Å². The lowest BCUT2D eigenvalue weighted by atomic mass is 10.2. The van der Waals surface area contributed by atoms with Gasteiger partial charge >= 0.3 is 5.97 Å². The number of carbonyl (C=O) groups is 1. The highest BCUT2D eigenvalue weighted by atomic mass is 32.2. The minimum Gasteiger partial charge on any atom is -0.462 e. The zero-order chi connectivity index (χ0) is 25.2. The second kappa shape index (κ2) is 9.92. The number of nitrogens with two attached hydrogens (primary N) is 2. The molecule has 4 N–H and O–H groups in total. The number of hydrogen-bond acceptors (Lipinski definition) is 10. The third kappa shape index (κ3) is 5.23. The standard InChI is InChI=1S/C23H24N6O4S2/c1-3-33-22(30)15-6-8-17(9-7-15)29(35(31,32)18-10-4-14(2)5-11-18)12-16-13-34-21-19(26-16)20(24)27-23(25)28-21/h4-11H,3,12-13H2,1-2H3,(H4,24,25,27,28). The van der Waals surface area contributed by atoms with Crippen LogP contribution in [-0.2, 0) is 14.8 Å². The summed E-state index contributed by atoms with van der Waals surface area (Å²) < 4.78 is 33.7. The lowest BCUT2D eigenvalue weighted by Gasteiger charge is -2.26. The molecule has 182 valence electrons. The average Bonchev–Trinajstić information content (AvgIpc) is 2.83. The summed E-state index contributed by atoms with van der Waals surface area (Å²) in [6.07, 6.45) is 0. The van der Waals surface area contributed by atoms with Crippen molar-refractivity contribution >= 4 is 56.6 Å². The Morgan fingerprint density at radius 2 is 1.77 bits per heavy atom. The van der Waals surface area contributed by atoms with E-state index in [0.717, 1.165) is 5.56 Å². The fourth-order valence-electron chi connectivity index (χ4n) is 3.39. The predicted molar refractivity (Wildman–Crippen MR) is 137 cm³/mol. The maximum Gasteiger partial charge on any atom is 0.338 e. The number of anilines is 3. The number of sulfonamides is 1. The first kappa shape index (κ1) is 24.5. The van der Waals surface area contributed by atoms with Gasteiger partial charge in [-0.3, -0.25) is 4.31 Å². The molecule has 35 heavy (non-hydrogen) atoms. The van der Waals surface area contributed by atoms with Crippen LogP contribution in [0.1, 0.15) is 22.8 Å². The van der Waals surface area contributed by atoms with Crippen LogP contribution in [0.2, 0.25) is 0 Å². The molecule has 0 bridgehead atoms. The van der Waals surface area contributed by atoms with Crippen LogP contribution >= 0.6 is 11.8 Å². The van der Waals surface area contributed by atoms with Crippen LogP contribution in [0.5, 0.6) is 0 Å². The Balaban J connectivity index is 1.74. The molecule has 1 aliphatic heterocycles. The van der Waals surface area contributed by atoms with Gasteiger partial charge in [0.05, 0.1) is 29.3 Å². The first-order valence-corrected chi connectivity index (χ1v) is 13.1. The van der Waals surface area contributed by atoms with Gasteiger partial charge in [0.25, 0.3) is 10.0 Å². The van der Waals surface area contributed by atoms with Crippen molar-refractivity contribution in [2.45, 2.75) is 23.8 Å². The Morgan fingerprint density at radius 3 is 2.43 bits per heavy atom. The van der Waals surface area contributed by atoms with Crippen molar-refractivity contribution in [1.29, 1.82) is 0 Å². The molecule has 0 spiro atoms. The fourth-order valence-corrected chi connectivity index (χ4v) is 5.75. The molecule has 4 rings (SSSR count). The van der Waals surface area contributed by atoms with Crippen molar-refractivity contribution in [3.63, 3.8) is 0 Å². The van der Waals surface area contributed by atoms with Gasteiger partial charge in [-0.25, -0.2) is 23.2 Å². The van der Waals surface area contributed by atoms with E-state index in [1.165, 1.54) is 28.2 Å². The summed E-state index contributed by atoms with van der Waals surface area (Å²) in [4.78, 5) is 24.9. The van der Waals surface area contributed by atoms with Crippen LogP contribution in [0.15, 0.2) is 63.4 Å². The zero-order valence-corrected chi connectivity index (χ0v) is 20.8. The van der Waals surface area contributed by atoms with Crippen LogP contribution in [0.3, 0.4) is 0 Å². The van der Waals surface area contributed by atoms with Gasteiger partial charge in [-0.05, 0) is 50.2 Å². The van der Waals surface area contributed by atoms with Crippen LogP contribution < -0.4 is 15.8 Å². The largest absolute Gasteiger partial charge is 0.462 e. The molecule has 0 amide bonds. The number of fused-ring (bicyclic) bond motifs is 1. The number of esters is 1. The average molecular weight is 513 g/mol. The highest BCUT2D eigenvalue weighted by Gasteiger charge is 2.28. The van der Waals surface area contributed by atoms with E-state index in [4.69, 9.17) is 16.2 Å². The summed E-state index contributed by atoms with van der Waals surface area (Å²) in [5.74, 6) is 0.0944. The van der Waals surface area contributed by atoms with Crippen molar-refractivity contribution in [3.05, 3.63) is 59.7 Å². The lowest BCUT2D eigenvalue weighted by molar-refractivity contribution is 0.0526. The van der Waals surface area contributed by atoms with E-state index in [0.29, 0.717) is 33.4 Å². The molecule has 2 aromatic carbocycles. The summed E-state index contributed by atoms with van der Waals surface area (Å²) in [5.41, 5.74) is 14.2. The van der Waals surface area contributed by atoms with E-state index in [-0.39, 0.29) is 29.8 Å². The van der Waals surface area contributed by atoms with Gasteiger partial charge in [0, 0.05) is 11.5 Å². The Bertz CT molecular complexity index is 1390. The number of aryl methyl sites for hydroxylation is 1. The number of carbonyl (C=O) groups excluding carboxylic acids is 1. The number of benzene rings is 2. The summed E-state index contributed by atoms with van der Waals surface area (Å²) in [7, 11) is -3.96. The van der Waals surface area contributed by atoms with Crippen LogP contribution in [0.4, 0.5) is 23.1 Å². The van der Waals surface area contributed by atoms with Gasteiger partial charge < -0.3 is 16.2 Å². The van der Waals surface area contributed by atoms with Crippen molar-refractivity contribution in [2.75, 3.05) is 34.7 Å². The van der Waals surface area contributed by atoms with E-state index in [1.54, 1.807) is 43.3 Å². The molecular weight excluding hydrogens is 488 g/mol. The number of nitrogens with zero attached hydrogens (tertiary/aromatic N) is 4. The van der Waals surface area contributed by atoms with Crippen molar-refractivity contribution in [2.24, 2.45) is 4.99 Å². The third-order valence-corrected chi connectivity index (χ3v) is 7.97. The van der Waals surface area contributed by atoms with Gasteiger partial charge in [0.15, 0.2) is 5.82 Å². The number of aliphatic imine (C=N–C) groups is 1. The van der Waals surface area contributed by atoms with Crippen molar-refractivity contribution in [3.8, 4) is 0 Å². The second-order valence-electron chi connectivity index (χ2n) is 7.68. The molecule has 3 aromatic rings. The molecule has 0 fully saturated rings. The van der Waals surface area contributed by atoms with Crippen molar-refractivity contribution < 1.29 is 17.9 Å².